The Hall–Kier alpha value is -2.37. The second-order valence-corrected chi connectivity index (χ2v) is 4.35. The van der Waals surface area contributed by atoms with Gasteiger partial charge in [0.05, 0.1) is 12.7 Å². The largest absolute Gasteiger partial charge is 0.496 e. The predicted octanol–water partition coefficient (Wildman–Crippen LogP) is 3.88. The average molecular weight is 297 g/mol. The van der Waals surface area contributed by atoms with Gasteiger partial charge in [-0.3, -0.25) is 0 Å². The molecule has 0 amide bonds. The second-order valence-electron chi connectivity index (χ2n) is 4.35. The summed E-state index contributed by atoms with van der Waals surface area (Å²) in [5.74, 6) is 0.281. The normalized spacial score (nSPS) is 11.2. The van der Waals surface area contributed by atoms with Crippen LogP contribution in [0.2, 0.25) is 0 Å². The third-order valence-electron chi connectivity index (χ3n) is 2.88. The first-order valence-corrected chi connectivity index (χ1v) is 6.13. The molecule has 0 radical (unpaired) electrons. The lowest BCUT2D eigenvalue weighted by molar-refractivity contribution is -0.139. The quantitative estimate of drug-likeness (QED) is 0.871. The summed E-state index contributed by atoms with van der Waals surface area (Å²) in [7, 11) is 1.47. The topological polar surface area (TPSA) is 44.5 Å². The molecule has 6 heteroatoms. The zero-order valence-electron chi connectivity index (χ0n) is 11.3. The van der Waals surface area contributed by atoms with Crippen molar-refractivity contribution < 1.29 is 22.6 Å². The van der Waals surface area contributed by atoms with Crippen LogP contribution in [0.1, 0.15) is 11.1 Å². The molecule has 0 aromatic heterocycles. The van der Waals surface area contributed by atoms with Gasteiger partial charge in [0.1, 0.15) is 18.1 Å². The molecule has 0 spiro atoms. The van der Waals surface area contributed by atoms with Crippen molar-refractivity contribution in [3.8, 4) is 11.5 Å². The molecule has 0 atom stereocenters. The van der Waals surface area contributed by atoms with Gasteiger partial charge in [-0.25, -0.2) is 0 Å². The maximum atomic E-state index is 12.9. The van der Waals surface area contributed by atoms with Crippen molar-refractivity contribution in [2.75, 3.05) is 12.8 Å². The van der Waals surface area contributed by atoms with Gasteiger partial charge in [0, 0.05) is 11.3 Å². The molecule has 0 aliphatic heterocycles. The molecular weight excluding hydrogens is 283 g/mol. The molecule has 2 rings (SSSR count). The number of hydrogen-bond donors (Lipinski definition) is 1. The second kappa shape index (κ2) is 5.95. The van der Waals surface area contributed by atoms with Crippen LogP contribution in [0.3, 0.4) is 0 Å². The van der Waals surface area contributed by atoms with Gasteiger partial charge >= 0.3 is 6.18 Å². The van der Waals surface area contributed by atoms with E-state index < -0.39 is 11.7 Å². The fraction of sp³-hybridized carbons (Fsp3) is 0.200. The Labute approximate surface area is 120 Å². The van der Waals surface area contributed by atoms with Gasteiger partial charge < -0.3 is 15.2 Å². The predicted molar refractivity (Wildman–Crippen MR) is 73.2 cm³/mol. The first-order valence-electron chi connectivity index (χ1n) is 6.13. The van der Waals surface area contributed by atoms with E-state index in [2.05, 4.69) is 0 Å². The molecule has 0 fully saturated rings. The van der Waals surface area contributed by atoms with Crippen LogP contribution in [0.25, 0.3) is 0 Å². The van der Waals surface area contributed by atoms with Gasteiger partial charge in [0.15, 0.2) is 0 Å². The van der Waals surface area contributed by atoms with Crippen LogP contribution in [-0.2, 0) is 12.8 Å². The van der Waals surface area contributed by atoms with Gasteiger partial charge in [-0.2, -0.15) is 13.2 Å². The van der Waals surface area contributed by atoms with Crippen molar-refractivity contribution >= 4 is 5.69 Å². The Morgan fingerprint density at radius 2 is 1.76 bits per heavy atom. The number of alkyl halides is 3. The summed E-state index contributed by atoms with van der Waals surface area (Å²) in [5, 5.41) is 0. The summed E-state index contributed by atoms with van der Waals surface area (Å²) < 4.78 is 49.0. The van der Waals surface area contributed by atoms with Crippen LogP contribution >= 0.6 is 0 Å². The zero-order valence-corrected chi connectivity index (χ0v) is 11.3. The van der Waals surface area contributed by atoms with Crippen LogP contribution in [0.4, 0.5) is 18.9 Å². The number of ether oxygens (including phenoxy) is 2. The highest BCUT2D eigenvalue weighted by molar-refractivity contribution is 5.48. The van der Waals surface area contributed by atoms with Crippen LogP contribution in [-0.4, -0.2) is 7.11 Å². The Bertz CT molecular complexity index is 627. The van der Waals surface area contributed by atoms with Gasteiger partial charge in [0.25, 0.3) is 0 Å². The molecule has 0 heterocycles. The molecule has 0 saturated heterocycles. The summed E-state index contributed by atoms with van der Waals surface area (Å²) >= 11 is 0. The van der Waals surface area contributed by atoms with Crippen LogP contribution in [0, 0.1) is 0 Å². The van der Waals surface area contributed by atoms with Gasteiger partial charge in [-0.05, 0) is 30.3 Å². The number of benzene rings is 2. The van der Waals surface area contributed by atoms with Crippen molar-refractivity contribution in [2.24, 2.45) is 0 Å². The Morgan fingerprint density at radius 1 is 1.05 bits per heavy atom. The number of halogens is 3. The third-order valence-corrected chi connectivity index (χ3v) is 2.88. The summed E-state index contributed by atoms with van der Waals surface area (Å²) in [6.45, 7) is -0.0681. The molecule has 0 unspecified atom stereocenters. The number of rotatable bonds is 4. The van der Waals surface area contributed by atoms with E-state index in [0.717, 1.165) is 6.07 Å². The molecule has 0 bridgehead atoms. The average Bonchev–Trinajstić information content (AvgIpc) is 2.44. The monoisotopic (exact) mass is 297 g/mol. The minimum Gasteiger partial charge on any atom is -0.496 e. The van der Waals surface area contributed by atoms with Crippen LogP contribution in [0.15, 0.2) is 42.5 Å². The number of anilines is 1. The fourth-order valence-corrected chi connectivity index (χ4v) is 1.89. The number of methoxy groups -OCH3 is 1. The summed E-state index contributed by atoms with van der Waals surface area (Å²) in [6.07, 6.45) is -4.46. The highest BCUT2D eigenvalue weighted by atomic mass is 19.4. The fourth-order valence-electron chi connectivity index (χ4n) is 1.89. The highest BCUT2D eigenvalue weighted by Gasteiger charge is 2.34. The van der Waals surface area contributed by atoms with Crippen LogP contribution < -0.4 is 15.2 Å². The molecular formula is C15H14F3NO2. The molecule has 2 aromatic carbocycles. The number of nitrogen functional groups attached to an aromatic ring is 1. The van der Waals surface area contributed by atoms with E-state index in [-0.39, 0.29) is 12.4 Å². The van der Waals surface area contributed by atoms with Crippen molar-refractivity contribution in [3.05, 3.63) is 53.6 Å². The molecule has 2 aromatic rings. The number of para-hydroxylation sites is 1. The maximum absolute atomic E-state index is 12.9. The highest BCUT2D eigenvalue weighted by Crippen LogP contribution is 2.36. The SMILES string of the molecule is COc1ccc(N)cc1COc1ccccc1C(F)(F)F. The zero-order chi connectivity index (χ0) is 15.5. The standard InChI is InChI=1S/C15H14F3NO2/c1-20-13-7-6-11(19)8-10(13)9-21-14-5-3-2-4-12(14)15(16,17)18/h2-8H,9,19H2,1H3. The van der Waals surface area contributed by atoms with Crippen molar-refractivity contribution in [2.45, 2.75) is 12.8 Å². The molecule has 0 saturated carbocycles. The van der Waals surface area contributed by atoms with E-state index in [4.69, 9.17) is 15.2 Å². The Kier molecular flexibility index (Phi) is 4.26. The van der Waals surface area contributed by atoms with Gasteiger partial charge in [-0.1, -0.05) is 12.1 Å². The number of nitrogens with two attached hydrogens (primary N) is 1. The lowest BCUT2D eigenvalue weighted by Crippen LogP contribution is -2.09. The molecule has 112 valence electrons. The van der Waals surface area contributed by atoms with Gasteiger partial charge in [0.2, 0.25) is 0 Å². The summed E-state index contributed by atoms with van der Waals surface area (Å²) in [5.41, 5.74) is 5.91. The summed E-state index contributed by atoms with van der Waals surface area (Å²) in [6, 6.07) is 9.95. The minimum atomic E-state index is -4.46. The van der Waals surface area contributed by atoms with Crippen molar-refractivity contribution in [3.63, 3.8) is 0 Å². The lowest BCUT2D eigenvalue weighted by Gasteiger charge is -2.15. The Morgan fingerprint density at radius 3 is 2.43 bits per heavy atom. The minimum absolute atomic E-state index is 0.0681. The third kappa shape index (κ3) is 3.59. The van der Waals surface area contributed by atoms with Crippen molar-refractivity contribution in [1.29, 1.82) is 0 Å². The van der Waals surface area contributed by atoms with E-state index in [1.807, 2.05) is 0 Å². The lowest BCUT2D eigenvalue weighted by atomic mass is 10.1. The van der Waals surface area contributed by atoms with E-state index in [0.29, 0.717) is 17.0 Å². The molecule has 2 N–H and O–H groups in total. The van der Waals surface area contributed by atoms with E-state index in [1.165, 1.54) is 25.3 Å². The molecule has 0 aliphatic rings. The molecule has 3 nitrogen and oxygen atoms in total. The van der Waals surface area contributed by atoms with Crippen molar-refractivity contribution in [1.82, 2.24) is 0 Å². The van der Waals surface area contributed by atoms with E-state index in [1.54, 1.807) is 18.2 Å². The van der Waals surface area contributed by atoms with E-state index in [9.17, 15) is 13.2 Å². The van der Waals surface area contributed by atoms with Crippen LogP contribution in [0.5, 0.6) is 11.5 Å². The first kappa shape index (κ1) is 15.0. The smallest absolute Gasteiger partial charge is 0.419 e. The molecule has 21 heavy (non-hydrogen) atoms. The maximum Gasteiger partial charge on any atom is 0.419 e. The first-order chi connectivity index (χ1) is 9.91. The number of hydrogen-bond acceptors (Lipinski definition) is 3. The Balaban J connectivity index is 2.23. The summed E-state index contributed by atoms with van der Waals surface area (Å²) in [4.78, 5) is 0. The van der Waals surface area contributed by atoms with E-state index >= 15 is 0 Å². The van der Waals surface area contributed by atoms with Gasteiger partial charge in [-0.15, -0.1) is 0 Å². The molecule has 0 aliphatic carbocycles.